The van der Waals surface area contributed by atoms with E-state index in [1.165, 1.54) is 5.56 Å². The molecule has 1 N–H and O–H groups in total. The van der Waals surface area contributed by atoms with E-state index in [0.717, 1.165) is 28.2 Å². The maximum Gasteiger partial charge on any atom is 0.118 e. The third kappa shape index (κ3) is 4.32. The van der Waals surface area contributed by atoms with Crippen molar-refractivity contribution in [2.75, 3.05) is 20.8 Å². The van der Waals surface area contributed by atoms with Crippen LogP contribution in [0.3, 0.4) is 0 Å². The number of aliphatic hydroxyl groups excluding tert-OH is 1. The zero-order valence-corrected chi connectivity index (χ0v) is 16.1. The molecule has 0 amide bonds. The molecule has 0 aliphatic carbocycles. The van der Waals surface area contributed by atoms with Crippen LogP contribution in [0.2, 0.25) is 0 Å². The van der Waals surface area contributed by atoms with Gasteiger partial charge < -0.3 is 14.6 Å². The Morgan fingerprint density at radius 1 is 0.667 bits per heavy atom. The molecule has 3 aromatic rings. The third-order valence-electron chi connectivity index (χ3n) is 5.05. The van der Waals surface area contributed by atoms with E-state index in [1.54, 1.807) is 14.2 Å². The van der Waals surface area contributed by atoms with E-state index in [-0.39, 0.29) is 18.4 Å². The fraction of sp³-hybridized carbons (Fsp3) is 0.250. The molecule has 0 aliphatic rings. The molecule has 0 saturated carbocycles. The fourth-order valence-corrected chi connectivity index (χ4v) is 3.50. The van der Waals surface area contributed by atoms with Gasteiger partial charge in [-0.3, -0.25) is 0 Å². The second-order valence-electron chi connectivity index (χ2n) is 6.72. The Kier molecular flexibility index (Phi) is 6.15. The van der Waals surface area contributed by atoms with Crippen molar-refractivity contribution < 1.29 is 14.6 Å². The molecule has 3 nitrogen and oxygen atoms in total. The van der Waals surface area contributed by atoms with Crippen LogP contribution < -0.4 is 9.47 Å². The van der Waals surface area contributed by atoms with Crippen LogP contribution >= 0.6 is 0 Å². The lowest BCUT2D eigenvalue weighted by atomic mass is 9.77. The van der Waals surface area contributed by atoms with Gasteiger partial charge in [0.25, 0.3) is 0 Å². The van der Waals surface area contributed by atoms with Gasteiger partial charge in [-0.1, -0.05) is 54.1 Å². The lowest BCUT2D eigenvalue weighted by Crippen LogP contribution is -2.16. The quantitative estimate of drug-likeness (QED) is 0.648. The lowest BCUT2D eigenvalue weighted by molar-refractivity contribution is 0.255. The maximum absolute atomic E-state index is 10.3. The van der Waals surface area contributed by atoms with Gasteiger partial charge in [0.1, 0.15) is 11.5 Å². The molecular formula is C24H26O3. The smallest absolute Gasteiger partial charge is 0.118 e. The number of rotatable bonds is 7. The fourth-order valence-electron chi connectivity index (χ4n) is 3.50. The average Bonchev–Trinajstić information content (AvgIpc) is 2.73. The zero-order chi connectivity index (χ0) is 19.2. The molecule has 3 heteroatoms. The van der Waals surface area contributed by atoms with Gasteiger partial charge in [0.15, 0.2) is 0 Å². The summed E-state index contributed by atoms with van der Waals surface area (Å²) in [5.74, 6) is 1.62. The summed E-state index contributed by atoms with van der Waals surface area (Å²) in [7, 11) is 3.33. The molecule has 0 aliphatic heterocycles. The van der Waals surface area contributed by atoms with Crippen LogP contribution in [0.5, 0.6) is 11.5 Å². The van der Waals surface area contributed by atoms with Crippen molar-refractivity contribution in [3.8, 4) is 11.5 Å². The van der Waals surface area contributed by atoms with Crippen molar-refractivity contribution >= 4 is 0 Å². The highest BCUT2D eigenvalue weighted by molar-refractivity contribution is 5.42. The second kappa shape index (κ2) is 8.74. The van der Waals surface area contributed by atoms with Gasteiger partial charge in [-0.2, -0.15) is 0 Å². The normalized spacial score (nSPS) is 12.0. The van der Waals surface area contributed by atoms with E-state index in [2.05, 4.69) is 55.5 Å². The van der Waals surface area contributed by atoms with Gasteiger partial charge in [0.05, 0.1) is 20.8 Å². The second-order valence-corrected chi connectivity index (χ2v) is 6.72. The molecule has 0 saturated heterocycles. The number of hydrogen-bond donors (Lipinski definition) is 1. The van der Waals surface area contributed by atoms with Crippen molar-refractivity contribution in [3.05, 3.63) is 95.1 Å². The lowest BCUT2D eigenvalue weighted by Gasteiger charge is -2.27. The standard InChI is InChI=1S/C24H26O3/c1-17-4-6-18(7-5-17)23(16-25)24(19-8-12-21(26-2)13-9-19)20-10-14-22(27-3)15-11-20/h4-15,23-25H,16H2,1-3H3. The number of hydrogen-bond acceptors (Lipinski definition) is 3. The molecule has 27 heavy (non-hydrogen) atoms. The van der Waals surface area contributed by atoms with Crippen LogP contribution in [0.4, 0.5) is 0 Å². The average molecular weight is 362 g/mol. The van der Waals surface area contributed by atoms with Crippen molar-refractivity contribution in [1.82, 2.24) is 0 Å². The molecule has 1 unspecified atom stereocenters. The molecule has 0 fully saturated rings. The van der Waals surface area contributed by atoms with E-state index in [1.807, 2.05) is 24.3 Å². The van der Waals surface area contributed by atoms with Crippen molar-refractivity contribution in [3.63, 3.8) is 0 Å². The Morgan fingerprint density at radius 2 is 1.07 bits per heavy atom. The predicted molar refractivity (Wildman–Crippen MR) is 109 cm³/mol. The highest BCUT2D eigenvalue weighted by Crippen LogP contribution is 2.39. The van der Waals surface area contributed by atoms with Crippen LogP contribution in [0.15, 0.2) is 72.8 Å². The van der Waals surface area contributed by atoms with Crippen LogP contribution in [0.1, 0.15) is 34.1 Å². The van der Waals surface area contributed by atoms with E-state index in [9.17, 15) is 5.11 Å². The summed E-state index contributed by atoms with van der Waals surface area (Å²) in [5.41, 5.74) is 4.61. The highest BCUT2D eigenvalue weighted by atomic mass is 16.5. The van der Waals surface area contributed by atoms with Gasteiger partial charge in [0.2, 0.25) is 0 Å². The Morgan fingerprint density at radius 3 is 1.44 bits per heavy atom. The van der Waals surface area contributed by atoms with Gasteiger partial charge in [-0.15, -0.1) is 0 Å². The highest BCUT2D eigenvalue weighted by Gasteiger charge is 2.26. The van der Waals surface area contributed by atoms with Gasteiger partial charge in [0, 0.05) is 11.8 Å². The molecule has 1 atom stereocenters. The summed E-state index contributed by atoms with van der Waals surface area (Å²) in [6, 6.07) is 24.6. The van der Waals surface area contributed by atoms with Crippen LogP contribution in [-0.4, -0.2) is 25.9 Å². The van der Waals surface area contributed by atoms with Crippen molar-refractivity contribution in [1.29, 1.82) is 0 Å². The summed E-state index contributed by atoms with van der Waals surface area (Å²) in [6.45, 7) is 2.13. The molecular weight excluding hydrogens is 336 g/mol. The van der Waals surface area contributed by atoms with Crippen molar-refractivity contribution in [2.45, 2.75) is 18.8 Å². The van der Waals surface area contributed by atoms with E-state index < -0.39 is 0 Å². The molecule has 3 rings (SSSR count). The largest absolute Gasteiger partial charge is 0.497 e. The van der Waals surface area contributed by atoms with Gasteiger partial charge in [-0.05, 0) is 47.9 Å². The van der Waals surface area contributed by atoms with E-state index in [0.29, 0.717) is 0 Å². The minimum Gasteiger partial charge on any atom is -0.497 e. The summed E-state index contributed by atoms with van der Waals surface area (Å²) >= 11 is 0. The number of aliphatic hydroxyl groups is 1. The maximum atomic E-state index is 10.3. The summed E-state index contributed by atoms with van der Waals surface area (Å²) < 4.78 is 10.6. The summed E-state index contributed by atoms with van der Waals surface area (Å²) in [6.07, 6.45) is 0. The number of methoxy groups -OCH3 is 2. The molecule has 0 radical (unpaired) electrons. The first kappa shape index (κ1) is 19.0. The van der Waals surface area contributed by atoms with Gasteiger partial charge in [-0.25, -0.2) is 0 Å². The Labute approximate surface area is 161 Å². The topological polar surface area (TPSA) is 38.7 Å². The third-order valence-corrected chi connectivity index (χ3v) is 5.05. The Bertz CT molecular complexity index is 789. The monoisotopic (exact) mass is 362 g/mol. The predicted octanol–water partition coefficient (Wildman–Crippen LogP) is 4.92. The molecule has 0 bridgehead atoms. The van der Waals surface area contributed by atoms with E-state index in [4.69, 9.17) is 9.47 Å². The first-order valence-electron chi connectivity index (χ1n) is 9.11. The molecule has 0 heterocycles. The molecule has 0 spiro atoms. The Balaban J connectivity index is 2.07. The summed E-state index contributed by atoms with van der Waals surface area (Å²) in [5, 5.41) is 10.3. The Hall–Kier alpha value is -2.78. The van der Waals surface area contributed by atoms with Crippen LogP contribution in [0, 0.1) is 6.92 Å². The van der Waals surface area contributed by atoms with Crippen LogP contribution in [-0.2, 0) is 0 Å². The molecule has 3 aromatic carbocycles. The zero-order valence-electron chi connectivity index (χ0n) is 16.1. The minimum absolute atomic E-state index is 0.0227. The van der Waals surface area contributed by atoms with E-state index >= 15 is 0 Å². The first-order valence-corrected chi connectivity index (χ1v) is 9.11. The molecule has 0 aromatic heterocycles. The summed E-state index contributed by atoms with van der Waals surface area (Å²) in [4.78, 5) is 0. The first-order chi connectivity index (χ1) is 13.2. The molecule has 140 valence electrons. The number of aryl methyl sites for hydroxylation is 1. The SMILES string of the molecule is COc1ccc(C(c2ccc(OC)cc2)C(CO)c2ccc(C)cc2)cc1. The number of ether oxygens (including phenoxy) is 2. The van der Waals surface area contributed by atoms with Gasteiger partial charge >= 0.3 is 0 Å². The van der Waals surface area contributed by atoms with Crippen molar-refractivity contribution in [2.24, 2.45) is 0 Å². The van der Waals surface area contributed by atoms with Crippen LogP contribution in [0.25, 0.3) is 0 Å². The minimum atomic E-state index is -0.0487. The number of benzene rings is 3.